The van der Waals surface area contributed by atoms with Crippen LogP contribution in [0.4, 0.5) is 5.69 Å². The maximum absolute atomic E-state index is 14.0. The van der Waals surface area contributed by atoms with Crippen molar-refractivity contribution in [2.75, 3.05) is 6.54 Å². The van der Waals surface area contributed by atoms with Crippen molar-refractivity contribution in [1.82, 2.24) is 53.2 Å². The molecule has 11 amide bonds. The Morgan fingerprint density at radius 3 is 1.47 bits per heavy atom. The minimum atomic E-state index is -1.90. The summed E-state index contributed by atoms with van der Waals surface area (Å²) in [6, 6.07) is -3.35. The van der Waals surface area contributed by atoms with Gasteiger partial charge in [0.15, 0.2) is 0 Å². The zero-order chi connectivity index (χ0) is 64.6. The quantitative estimate of drug-likeness (QED) is 0.0244. The molecular weight excluding hydrogens is 1120 g/mol. The Balaban J connectivity index is 2.23. The predicted octanol–water partition coefficient (Wildman–Crippen LogP) is -2.83. The Hall–Kier alpha value is -9.29. The van der Waals surface area contributed by atoms with Crippen molar-refractivity contribution in [2.45, 2.75) is 161 Å². The number of nitro groups is 1. The molecule has 0 heterocycles. The van der Waals surface area contributed by atoms with Crippen molar-refractivity contribution in [3.8, 4) is 5.75 Å². The van der Waals surface area contributed by atoms with Crippen LogP contribution in [0.25, 0.3) is 0 Å². The standard InChI is InChI=1S/C54H78N12O19/c1-10-27(6)44(52(80)61-37(22-40(55)70)49(77)60-38(23-42(72)73)50(78)62-39(54(82)83)19-25(2)3)65-51(79)43(26(4)5)64-53(81)45(29(8)67)63-41(71)24-56-46(74)28(7)57-47(75)36(21-32-13-17-34(69)18-14-32)59-48(76)35(58-30(9)68)20-31-11-15-33(16-12-31)66(84)85/h11-18,25-29,35-39,43-45,67,69H,10,19-24H2,1-9H3,(H2,55,70)(H,56,74)(H,57,75)(H,58,68)(H,59,76)(H,60,77)(H,61,80)(H,62,78)(H,63,71)(H,64,81)(H,65,79)(H,72,73)(H,82,83)/t27-,28-,29+,35-,36-,37-,38-,39-,43-,44-,45-/m0/s1. The predicted molar refractivity (Wildman–Crippen MR) is 299 cm³/mol. The van der Waals surface area contributed by atoms with Crippen LogP contribution in [0.5, 0.6) is 5.75 Å². The van der Waals surface area contributed by atoms with Crippen LogP contribution < -0.4 is 58.9 Å². The summed E-state index contributed by atoms with van der Waals surface area (Å²) in [6.07, 6.45) is -3.78. The lowest BCUT2D eigenvalue weighted by Gasteiger charge is -2.30. The number of hydrogen-bond acceptors (Lipinski definition) is 17. The maximum Gasteiger partial charge on any atom is 0.326 e. The van der Waals surface area contributed by atoms with E-state index in [9.17, 15) is 92.9 Å². The lowest BCUT2D eigenvalue weighted by atomic mass is 9.95. The van der Waals surface area contributed by atoms with E-state index in [2.05, 4.69) is 53.2 Å². The third-order valence-corrected chi connectivity index (χ3v) is 13.0. The zero-order valence-corrected chi connectivity index (χ0v) is 48.5. The van der Waals surface area contributed by atoms with Gasteiger partial charge >= 0.3 is 11.9 Å². The topological polar surface area (TPSA) is 492 Å². The second-order valence-electron chi connectivity index (χ2n) is 21.1. The highest BCUT2D eigenvalue weighted by molar-refractivity contribution is 6.00. The number of nitrogens with zero attached hydrogens (tertiary/aromatic N) is 1. The van der Waals surface area contributed by atoms with Gasteiger partial charge in [-0.1, -0.05) is 72.2 Å². The molecule has 0 aliphatic rings. The zero-order valence-electron chi connectivity index (χ0n) is 48.5. The number of aliphatic hydroxyl groups excluding tert-OH is 1. The number of non-ortho nitro benzene ring substituents is 1. The molecule has 0 bridgehead atoms. The molecule has 2 aromatic rings. The normalized spacial score (nSPS) is 14.9. The molecule has 0 saturated carbocycles. The number of phenols is 1. The fraction of sp³-hybridized carbons (Fsp3) is 0.537. The summed E-state index contributed by atoms with van der Waals surface area (Å²) in [5, 5.41) is 74.3. The van der Waals surface area contributed by atoms with E-state index in [4.69, 9.17) is 5.73 Å². The van der Waals surface area contributed by atoms with Crippen molar-refractivity contribution < 1.29 is 87.7 Å². The average molecular weight is 1200 g/mol. The number of aromatic hydroxyl groups is 1. The molecule has 0 fully saturated rings. The molecule has 11 atom stereocenters. The van der Waals surface area contributed by atoms with Crippen LogP contribution >= 0.6 is 0 Å². The molecule has 0 saturated heterocycles. The first-order chi connectivity index (χ1) is 39.6. The molecule has 2 rings (SSSR count). The van der Waals surface area contributed by atoms with Gasteiger partial charge in [-0.05, 0) is 61.3 Å². The number of carboxylic acid groups (broad SMARTS) is 2. The lowest BCUT2D eigenvalue weighted by Crippen LogP contribution is -2.62. The third kappa shape index (κ3) is 25.0. The molecule has 85 heavy (non-hydrogen) atoms. The number of aliphatic carboxylic acids is 2. The van der Waals surface area contributed by atoms with E-state index in [-0.39, 0.29) is 43.0 Å². The summed E-state index contributed by atoms with van der Waals surface area (Å²) in [7, 11) is 0. The number of phenolic OH excluding ortho intramolecular Hbond substituents is 1. The van der Waals surface area contributed by atoms with Crippen LogP contribution in [-0.4, -0.2) is 169 Å². The number of carbonyl (C=O) groups excluding carboxylic acids is 11. The van der Waals surface area contributed by atoms with E-state index in [1.54, 1.807) is 20.8 Å². The Morgan fingerprint density at radius 1 is 0.553 bits per heavy atom. The minimum absolute atomic E-state index is 0.0597. The molecule has 0 aromatic heterocycles. The molecular formula is C54H78N12O19. The largest absolute Gasteiger partial charge is 0.508 e. The van der Waals surface area contributed by atoms with Gasteiger partial charge in [0.25, 0.3) is 5.69 Å². The number of benzene rings is 2. The molecule has 0 radical (unpaired) electrons. The van der Waals surface area contributed by atoms with Gasteiger partial charge in [-0.25, -0.2) is 4.79 Å². The number of nitrogens with two attached hydrogens (primary N) is 1. The first-order valence-corrected chi connectivity index (χ1v) is 27.0. The van der Waals surface area contributed by atoms with E-state index in [1.807, 2.05) is 0 Å². The van der Waals surface area contributed by atoms with E-state index in [0.717, 1.165) is 13.8 Å². The number of amides is 11. The first kappa shape index (κ1) is 71.8. The first-order valence-electron chi connectivity index (χ1n) is 27.0. The molecule has 468 valence electrons. The van der Waals surface area contributed by atoms with Crippen LogP contribution in [-0.2, 0) is 75.2 Å². The molecule has 31 nitrogen and oxygen atoms in total. The summed E-state index contributed by atoms with van der Waals surface area (Å²) in [5.41, 5.74) is 6.02. The van der Waals surface area contributed by atoms with Crippen LogP contribution in [0, 0.1) is 27.9 Å². The monoisotopic (exact) mass is 1200 g/mol. The van der Waals surface area contributed by atoms with Crippen molar-refractivity contribution in [3.63, 3.8) is 0 Å². The molecule has 31 heteroatoms. The van der Waals surface area contributed by atoms with Crippen LogP contribution in [0.3, 0.4) is 0 Å². The van der Waals surface area contributed by atoms with Gasteiger partial charge in [0.1, 0.15) is 60.1 Å². The minimum Gasteiger partial charge on any atom is -0.508 e. The Morgan fingerprint density at radius 2 is 1.00 bits per heavy atom. The molecule has 0 spiro atoms. The van der Waals surface area contributed by atoms with Gasteiger partial charge in [0.2, 0.25) is 65.0 Å². The van der Waals surface area contributed by atoms with E-state index < -0.39 is 174 Å². The van der Waals surface area contributed by atoms with E-state index in [1.165, 1.54) is 76.2 Å². The number of aliphatic hydroxyl groups is 1. The highest BCUT2D eigenvalue weighted by Crippen LogP contribution is 2.17. The van der Waals surface area contributed by atoms with Crippen LogP contribution in [0.1, 0.15) is 99.1 Å². The number of carbonyl (C=O) groups is 13. The SMILES string of the molecule is CC[C@H](C)[C@H](NC(=O)[C@@H](NC(=O)[C@@H](NC(=O)CNC(=O)[C@H](C)NC(=O)[C@H](Cc1ccc(O)cc1)NC(=O)[C@H](Cc1ccc([N+](=O)[O-])cc1)NC(C)=O)[C@@H](C)O)C(C)C)C(=O)N[C@@H](CC(N)=O)C(=O)N[C@@H](CC(=O)O)C(=O)N[C@@H](CC(C)C)C(=O)O. The van der Waals surface area contributed by atoms with Gasteiger partial charge < -0.3 is 79.3 Å². The molecule has 0 aliphatic heterocycles. The Kier molecular flexibility index (Phi) is 29.0. The van der Waals surface area contributed by atoms with E-state index in [0.29, 0.717) is 11.1 Å². The molecule has 2 aromatic carbocycles. The van der Waals surface area contributed by atoms with Crippen molar-refractivity contribution in [2.24, 2.45) is 23.5 Å². The third-order valence-electron chi connectivity index (χ3n) is 13.0. The van der Waals surface area contributed by atoms with E-state index >= 15 is 0 Å². The average Bonchev–Trinajstić information content (AvgIpc) is 3.56. The second-order valence-corrected chi connectivity index (χ2v) is 21.1. The number of nitrogens with one attached hydrogen (secondary N) is 10. The number of primary amides is 1. The van der Waals surface area contributed by atoms with Gasteiger partial charge in [-0.2, -0.15) is 0 Å². The number of carboxylic acids is 2. The summed E-state index contributed by atoms with van der Waals surface area (Å²) in [6.45, 7) is 12.2. The van der Waals surface area contributed by atoms with Crippen LogP contribution in [0.2, 0.25) is 0 Å². The number of hydrogen-bond donors (Lipinski definition) is 15. The Labute approximate surface area is 489 Å². The highest BCUT2D eigenvalue weighted by Gasteiger charge is 2.38. The summed E-state index contributed by atoms with van der Waals surface area (Å²) >= 11 is 0. The Bertz CT molecular complexity index is 2740. The van der Waals surface area contributed by atoms with Crippen LogP contribution in [0.15, 0.2) is 48.5 Å². The fourth-order valence-corrected chi connectivity index (χ4v) is 8.14. The van der Waals surface area contributed by atoms with Crippen molar-refractivity contribution >= 4 is 82.6 Å². The molecule has 16 N–H and O–H groups in total. The van der Waals surface area contributed by atoms with Gasteiger partial charge in [0.05, 0.1) is 30.4 Å². The fourth-order valence-electron chi connectivity index (χ4n) is 8.14. The highest BCUT2D eigenvalue weighted by atomic mass is 16.6. The molecule has 0 aliphatic carbocycles. The summed E-state index contributed by atoms with van der Waals surface area (Å²) in [4.78, 5) is 181. The van der Waals surface area contributed by atoms with Crippen molar-refractivity contribution in [1.29, 1.82) is 0 Å². The maximum atomic E-state index is 14.0. The van der Waals surface area contributed by atoms with Crippen molar-refractivity contribution in [3.05, 3.63) is 69.8 Å². The second kappa shape index (κ2) is 34.3. The smallest absolute Gasteiger partial charge is 0.326 e. The number of rotatable bonds is 35. The summed E-state index contributed by atoms with van der Waals surface area (Å²) in [5.74, 6) is -16.0. The van der Waals surface area contributed by atoms with Gasteiger partial charge in [0, 0.05) is 31.9 Å². The molecule has 0 unspecified atom stereocenters. The van der Waals surface area contributed by atoms with Gasteiger partial charge in [-0.15, -0.1) is 0 Å². The summed E-state index contributed by atoms with van der Waals surface area (Å²) < 4.78 is 0. The lowest BCUT2D eigenvalue weighted by molar-refractivity contribution is -0.384. The number of nitro benzene ring substituents is 1. The van der Waals surface area contributed by atoms with Gasteiger partial charge in [-0.3, -0.25) is 67.6 Å².